The average Bonchev–Trinajstić information content (AvgIpc) is 2.14. The van der Waals surface area contributed by atoms with Gasteiger partial charge in [-0.1, -0.05) is 67.3 Å². The molecule has 0 amide bonds. The molecule has 0 bridgehead atoms. The standard InChI is InChI=1S/C12H12/c1-2-3-4-6-9-12-10-7-5-8-11-12/h2-11H,1H2/b4-3-,9-6?. The van der Waals surface area contributed by atoms with Crippen molar-refractivity contribution < 1.29 is 0 Å². The molecule has 0 fully saturated rings. The Balaban J connectivity index is 2.58. The zero-order chi connectivity index (χ0) is 8.65. The van der Waals surface area contributed by atoms with Crippen LogP contribution in [0.2, 0.25) is 0 Å². The first-order chi connectivity index (χ1) is 5.93. The van der Waals surface area contributed by atoms with E-state index in [2.05, 4.69) is 24.8 Å². The quantitative estimate of drug-likeness (QED) is 0.588. The predicted molar refractivity (Wildman–Crippen MR) is 54.8 cm³/mol. The van der Waals surface area contributed by atoms with Gasteiger partial charge in [-0.3, -0.25) is 0 Å². The van der Waals surface area contributed by atoms with E-state index in [9.17, 15) is 0 Å². The third-order valence-corrected chi connectivity index (χ3v) is 1.45. The first-order valence-corrected chi connectivity index (χ1v) is 3.94. The molecule has 0 heteroatoms. The second-order valence-electron chi connectivity index (χ2n) is 2.39. The second kappa shape index (κ2) is 5.14. The molecule has 1 aromatic rings. The highest BCUT2D eigenvalue weighted by molar-refractivity contribution is 5.50. The van der Waals surface area contributed by atoms with Gasteiger partial charge in [-0.2, -0.15) is 0 Å². The summed E-state index contributed by atoms with van der Waals surface area (Å²) >= 11 is 0. The van der Waals surface area contributed by atoms with E-state index >= 15 is 0 Å². The Bertz CT molecular complexity index is 278. The Labute approximate surface area is 73.6 Å². The Hall–Kier alpha value is -1.56. The topological polar surface area (TPSA) is 0 Å². The molecule has 0 saturated carbocycles. The van der Waals surface area contributed by atoms with E-state index in [0.717, 1.165) is 0 Å². The normalized spacial score (nSPS) is 11.0. The summed E-state index contributed by atoms with van der Waals surface area (Å²) in [6.45, 7) is 3.58. The summed E-state index contributed by atoms with van der Waals surface area (Å²) < 4.78 is 0. The zero-order valence-electron chi connectivity index (χ0n) is 6.98. The van der Waals surface area contributed by atoms with Crippen molar-refractivity contribution in [3.05, 3.63) is 66.8 Å². The van der Waals surface area contributed by atoms with Crippen LogP contribution in [0.5, 0.6) is 0 Å². The van der Waals surface area contributed by atoms with Crippen molar-refractivity contribution in [2.45, 2.75) is 0 Å². The van der Waals surface area contributed by atoms with Crippen molar-refractivity contribution in [3.63, 3.8) is 0 Å². The van der Waals surface area contributed by atoms with Gasteiger partial charge in [0.2, 0.25) is 0 Å². The number of rotatable bonds is 3. The van der Waals surface area contributed by atoms with Gasteiger partial charge in [-0.25, -0.2) is 0 Å². The molecular weight excluding hydrogens is 144 g/mol. The maximum Gasteiger partial charge on any atom is -0.0257 e. The Morgan fingerprint density at radius 3 is 2.33 bits per heavy atom. The van der Waals surface area contributed by atoms with Crippen LogP contribution in [0.15, 0.2) is 61.2 Å². The minimum atomic E-state index is 1.21. The van der Waals surface area contributed by atoms with Gasteiger partial charge in [-0.15, -0.1) is 0 Å². The first kappa shape index (κ1) is 8.54. The Morgan fingerprint density at radius 1 is 0.917 bits per heavy atom. The highest BCUT2D eigenvalue weighted by Crippen LogP contribution is 2.00. The second-order valence-corrected chi connectivity index (χ2v) is 2.39. The molecule has 0 aliphatic carbocycles. The highest BCUT2D eigenvalue weighted by Gasteiger charge is 1.78. The van der Waals surface area contributed by atoms with Crippen molar-refractivity contribution >= 4 is 6.08 Å². The third kappa shape index (κ3) is 3.02. The maximum absolute atomic E-state index is 3.58. The molecule has 0 aromatic heterocycles. The largest absolute Gasteiger partial charge is 0.0991 e. The number of hydrogen-bond acceptors (Lipinski definition) is 0. The summed E-state index contributed by atoms with van der Waals surface area (Å²) in [6, 6.07) is 10.2. The molecule has 0 aliphatic heterocycles. The molecular formula is C12H12. The van der Waals surface area contributed by atoms with E-state index in [1.54, 1.807) is 6.08 Å². The molecule has 0 spiro atoms. The monoisotopic (exact) mass is 156 g/mol. The van der Waals surface area contributed by atoms with Crippen LogP contribution in [0.25, 0.3) is 6.08 Å². The van der Waals surface area contributed by atoms with Gasteiger partial charge in [-0.05, 0) is 5.56 Å². The van der Waals surface area contributed by atoms with E-state index in [-0.39, 0.29) is 0 Å². The molecule has 60 valence electrons. The van der Waals surface area contributed by atoms with Crippen molar-refractivity contribution in [2.75, 3.05) is 0 Å². The van der Waals surface area contributed by atoms with Gasteiger partial charge in [0.05, 0.1) is 0 Å². The molecule has 0 nitrogen and oxygen atoms in total. The molecule has 0 heterocycles. The fourth-order valence-corrected chi connectivity index (χ4v) is 0.874. The first-order valence-electron chi connectivity index (χ1n) is 3.94. The number of hydrogen-bond donors (Lipinski definition) is 0. The van der Waals surface area contributed by atoms with Gasteiger partial charge >= 0.3 is 0 Å². The molecule has 0 saturated heterocycles. The minimum Gasteiger partial charge on any atom is -0.0991 e. The molecule has 12 heavy (non-hydrogen) atoms. The SMILES string of the molecule is C=C/C=C\C=Cc1ccccc1. The third-order valence-electron chi connectivity index (χ3n) is 1.45. The van der Waals surface area contributed by atoms with E-state index in [1.807, 2.05) is 36.4 Å². The number of allylic oxidation sites excluding steroid dienone is 4. The lowest BCUT2D eigenvalue weighted by atomic mass is 10.2. The number of benzene rings is 1. The van der Waals surface area contributed by atoms with Crippen LogP contribution in [0.3, 0.4) is 0 Å². The van der Waals surface area contributed by atoms with Crippen LogP contribution in [-0.4, -0.2) is 0 Å². The summed E-state index contributed by atoms with van der Waals surface area (Å²) in [5, 5.41) is 0. The maximum atomic E-state index is 3.58. The van der Waals surface area contributed by atoms with Gasteiger partial charge in [0.25, 0.3) is 0 Å². The smallest absolute Gasteiger partial charge is 0.0257 e. The highest BCUT2D eigenvalue weighted by atomic mass is 13.8. The Morgan fingerprint density at radius 2 is 1.67 bits per heavy atom. The Kier molecular flexibility index (Phi) is 3.65. The summed E-state index contributed by atoms with van der Waals surface area (Å²) in [5.41, 5.74) is 1.21. The summed E-state index contributed by atoms with van der Waals surface area (Å²) in [6.07, 6.45) is 9.67. The molecule has 1 aromatic carbocycles. The van der Waals surface area contributed by atoms with E-state index in [0.29, 0.717) is 0 Å². The fraction of sp³-hybridized carbons (Fsp3) is 0. The minimum absolute atomic E-state index is 1.21. The lowest BCUT2D eigenvalue weighted by molar-refractivity contribution is 1.66. The lowest BCUT2D eigenvalue weighted by Crippen LogP contribution is -1.66. The van der Waals surface area contributed by atoms with Crippen LogP contribution in [0, 0.1) is 0 Å². The van der Waals surface area contributed by atoms with Crippen LogP contribution in [-0.2, 0) is 0 Å². The van der Waals surface area contributed by atoms with E-state index in [4.69, 9.17) is 0 Å². The summed E-state index contributed by atoms with van der Waals surface area (Å²) in [4.78, 5) is 0. The zero-order valence-corrected chi connectivity index (χ0v) is 6.98. The van der Waals surface area contributed by atoms with Crippen LogP contribution in [0.4, 0.5) is 0 Å². The van der Waals surface area contributed by atoms with Crippen molar-refractivity contribution in [3.8, 4) is 0 Å². The molecule has 0 atom stereocenters. The van der Waals surface area contributed by atoms with E-state index < -0.39 is 0 Å². The molecule has 0 N–H and O–H groups in total. The van der Waals surface area contributed by atoms with Crippen LogP contribution >= 0.6 is 0 Å². The van der Waals surface area contributed by atoms with Crippen LogP contribution in [0.1, 0.15) is 5.56 Å². The average molecular weight is 156 g/mol. The lowest BCUT2D eigenvalue weighted by Gasteiger charge is -1.87. The van der Waals surface area contributed by atoms with Crippen LogP contribution < -0.4 is 0 Å². The van der Waals surface area contributed by atoms with E-state index in [1.165, 1.54) is 5.56 Å². The van der Waals surface area contributed by atoms with Crippen molar-refractivity contribution in [2.24, 2.45) is 0 Å². The molecule has 0 radical (unpaired) electrons. The molecule has 0 aliphatic rings. The molecule has 0 unspecified atom stereocenters. The molecule has 1 rings (SSSR count). The summed E-state index contributed by atoms with van der Waals surface area (Å²) in [7, 11) is 0. The van der Waals surface area contributed by atoms with Gasteiger partial charge in [0, 0.05) is 0 Å². The summed E-state index contributed by atoms with van der Waals surface area (Å²) in [5.74, 6) is 0. The van der Waals surface area contributed by atoms with Crippen molar-refractivity contribution in [1.82, 2.24) is 0 Å². The van der Waals surface area contributed by atoms with Gasteiger partial charge in [0.1, 0.15) is 0 Å². The van der Waals surface area contributed by atoms with Gasteiger partial charge in [0.15, 0.2) is 0 Å². The fourth-order valence-electron chi connectivity index (χ4n) is 0.874. The van der Waals surface area contributed by atoms with Crippen molar-refractivity contribution in [1.29, 1.82) is 0 Å². The van der Waals surface area contributed by atoms with Gasteiger partial charge < -0.3 is 0 Å². The predicted octanol–water partition coefficient (Wildman–Crippen LogP) is 3.44.